The molecule has 0 unspecified atom stereocenters. The van der Waals surface area contributed by atoms with Crippen molar-refractivity contribution >= 4 is 10.0 Å². The van der Waals surface area contributed by atoms with Crippen LogP contribution >= 0.6 is 0 Å². The van der Waals surface area contributed by atoms with Gasteiger partial charge in [-0.3, -0.25) is 0 Å². The summed E-state index contributed by atoms with van der Waals surface area (Å²) < 4.78 is 29.9. The van der Waals surface area contributed by atoms with Crippen molar-refractivity contribution < 1.29 is 8.42 Å². The smallest absolute Gasteiger partial charge is 0.236 e. The molecule has 0 saturated carbocycles. The molecular formula is C19H21N3O2S. The summed E-state index contributed by atoms with van der Waals surface area (Å²) in [4.78, 5) is 0.240. The number of sulfonamides is 1. The monoisotopic (exact) mass is 355 g/mol. The standard InChI is InChI=1S/C19H21N3O2S/c1-14-9-11-18(12-10-14)22-16(3)19(15(2)21-22)25(23,24)20-13-17-7-5-4-6-8-17/h4-12,20H,13H2,1-3H3. The van der Waals surface area contributed by atoms with Crippen molar-refractivity contribution in [2.45, 2.75) is 32.2 Å². The number of hydrogen-bond acceptors (Lipinski definition) is 3. The maximum Gasteiger partial charge on any atom is 0.244 e. The molecule has 0 spiro atoms. The third-order valence-electron chi connectivity index (χ3n) is 4.08. The number of rotatable bonds is 5. The highest BCUT2D eigenvalue weighted by atomic mass is 32.2. The van der Waals surface area contributed by atoms with E-state index in [4.69, 9.17) is 0 Å². The maximum absolute atomic E-state index is 12.8. The Labute approximate surface area is 148 Å². The molecule has 0 atom stereocenters. The molecule has 3 rings (SSSR count). The van der Waals surface area contributed by atoms with Gasteiger partial charge in [0.25, 0.3) is 0 Å². The van der Waals surface area contributed by atoms with Gasteiger partial charge >= 0.3 is 0 Å². The Morgan fingerprint density at radius 2 is 1.60 bits per heavy atom. The highest BCUT2D eigenvalue weighted by molar-refractivity contribution is 7.89. The number of hydrogen-bond donors (Lipinski definition) is 1. The summed E-state index contributed by atoms with van der Waals surface area (Å²) >= 11 is 0. The quantitative estimate of drug-likeness (QED) is 0.764. The number of nitrogens with one attached hydrogen (secondary N) is 1. The van der Waals surface area contributed by atoms with E-state index in [-0.39, 0.29) is 11.4 Å². The second-order valence-corrected chi connectivity index (χ2v) is 7.76. The van der Waals surface area contributed by atoms with E-state index >= 15 is 0 Å². The lowest BCUT2D eigenvalue weighted by molar-refractivity contribution is 0.580. The van der Waals surface area contributed by atoms with E-state index in [1.165, 1.54) is 0 Å². The van der Waals surface area contributed by atoms with E-state index in [2.05, 4.69) is 9.82 Å². The van der Waals surface area contributed by atoms with E-state index in [0.29, 0.717) is 11.4 Å². The van der Waals surface area contributed by atoms with Crippen molar-refractivity contribution in [3.8, 4) is 5.69 Å². The van der Waals surface area contributed by atoms with Gasteiger partial charge in [0.2, 0.25) is 10.0 Å². The van der Waals surface area contributed by atoms with Crippen LogP contribution in [-0.2, 0) is 16.6 Å². The Kier molecular flexibility index (Phi) is 4.74. The van der Waals surface area contributed by atoms with Crippen LogP contribution in [0.4, 0.5) is 0 Å². The Morgan fingerprint density at radius 3 is 2.24 bits per heavy atom. The second kappa shape index (κ2) is 6.82. The van der Waals surface area contributed by atoms with Crippen LogP contribution in [0.25, 0.3) is 5.69 Å². The second-order valence-electron chi connectivity index (χ2n) is 6.06. The Bertz CT molecular complexity index is 976. The minimum absolute atomic E-state index is 0.240. The third kappa shape index (κ3) is 3.65. The van der Waals surface area contributed by atoms with Crippen LogP contribution in [0.15, 0.2) is 59.5 Å². The van der Waals surface area contributed by atoms with Gasteiger partial charge in [-0.05, 0) is 38.5 Å². The molecule has 0 saturated heterocycles. The normalized spacial score (nSPS) is 11.6. The molecule has 3 aromatic rings. The molecular weight excluding hydrogens is 334 g/mol. The van der Waals surface area contributed by atoms with E-state index in [1.807, 2.05) is 61.5 Å². The molecule has 2 aromatic carbocycles. The van der Waals surface area contributed by atoms with Crippen LogP contribution in [0.5, 0.6) is 0 Å². The van der Waals surface area contributed by atoms with Crippen LogP contribution in [0.1, 0.15) is 22.5 Å². The van der Waals surface area contributed by atoms with Gasteiger partial charge in [0.1, 0.15) is 4.90 Å². The van der Waals surface area contributed by atoms with Crippen LogP contribution in [0.3, 0.4) is 0 Å². The third-order valence-corrected chi connectivity index (χ3v) is 5.73. The van der Waals surface area contributed by atoms with E-state index in [9.17, 15) is 8.42 Å². The lowest BCUT2D eigenvalue weighted by Crippen LogP contribution is -2.24. The molecule has 0 aliphatic heterocycles. The van der Waals surface area contributed by atoms with Gasteiger partial charge in [0, 0.05) is 6.54 Å². The van der Waals surface area contributed by atoms with Crippen LogP contribution in [-0.4, -0.2) is 18.2 Å². The summed E-state index contributed by atoms with van der Waals surface area (Å²) in [5.74, 6) is 0. The van der Waals surface area contributed by atoms with Crippen molar-refractivity contribution in [3.05, 3.63) is 77.1 Å². The molecule has 1 heterocycles. The molecule has 130 valence electrons. The summed E-state index contributed by atoms with van der Waals surface area (Å²) in [6.07, 6.45) is 0. The largest absolute Gasteiger partial charge is 0.244 e. The van der Waals surface area contributed by atoms with Gasteiger partial charge in [0.05, 0.1) is 17.1 Å². The molecule has 0 radical (unpaired) electrons. The maximum atomic E-state index is 12.8. The van der Waals surface area contributed by atoms with Crippen molar-refractivity contribution in [1.29, 1.82) is 0 Å². The molecule has 1 aromatic heterocycles. The highest BCUT2D eigenvalue weighted by Crippen LogP contribution is 2.23. The Balaban J connectivity index is 1.92. The average molecular weight is 355 g/mol. The summed E-state index contributed by atoms with van der Waals surface area (Å²) in [6, 6.07) is 17.3. The topological polar surface area (TPSA) is 64.0 Å². The summed E-state index contributed by atoms with van der Waals surface area (Å²) in [7, 11) is -3.65. The first kappa shape index (κ1) is 17.4. The lowest BCUT2D eigenvalue weighted by atomic mass is 10.2. The molecule has 0 aliphatic rings. The van der Waals surface area contributed by atoms with Crippen molar-refractivity contribution in [2.75, 3.05) is 0 Å². The minimum atomic E-state index is -3.65. The van der Waals surface area contributed by atoms with Crippen LogP contribution < -0.4 is 4.72 Å². The van der Waals surface area contributed by atoms with Gasteiger partial charge in [-0.1, -0.05) is 48.0 Å². The zero-order valence-electron chi connectivity index (χ0n) is 14.5. The fourth-order valence-electron chi connectivity index (χ4n) is 2.80. The van der Waals surface area contributed by atoms with E-state index in [0.717, 1.165) is 16.8 Å². The number of aryl methyl sites for hydroxylation is 2. The summed E-state index contributed by atoms with van der Waals surface area (Å²) in [5, 5.41) is 4.43. The van der Waals surface area contributed by atoms with Crippen LogP contribution in [0, 0.1) is 20.8 Å². The van der Waals surface area contributed by atoms with Crippen molar-refractivity contribution in [3.63, 3.8) is 0 Å². The molecule has 6 heteroatoms. The number of aromatic nitrogens is 2. The zero-order chi connectivity index (χ0) is 18.0. The summed E-state index contributed by atoms with van der Waals surface area (Å²) in [5.41, 5.74) is 3.98. The first-order valence-electron chi connectivity index (χ1n) is 8.05. The molecule has 0 aliphatic carbocycles. The minimum Gasteiger partial charge on any atom is -0.236 e. The lowest BCUT2D eigenvalue weighted by Gasteiger charge is -2.08. The Morgan fingerprint density at radius 1 is 0.960 bits per heavy atom. The predicted molar refractivity (Wildman–Crippen MR) is 98.2 cm³/mol. The van der Waals surface area contributed by atoms with E-state index < -0.39 is 10.0 Å². The summed E-state index contributed by atoms with van der Waals surface area (Å²) in [6.45, 7) is 5.75. The molecule has 0 bridgehead atoms. The SMILES string of the molecule is Cc1ccc(-n2nc(C)c(S(=O)(=O)NCc3ccccc3)c2C)cc1. The highest BCUT2D eigenvalue weighted by Gasteiger charge is 2.24. The Hall–Kier alpha value is -2.44. The number of nitrogens with zero attached hydrogens (tertiary/aromatic N) is 2. The van der Waals surface area contributed by atoms with Gasteiger partial charge in [0.15, 0.2) is 0 Å². The van der Waals surface area contributed by atoms with Crippen LogP contribution in [0.2, 0.25) is 0 Å². The average Bonchev–Trinajstić information content (AvgIpc) is 2.90. The van der Waals surface area contributed by atoms with Crippen molar-refractivity contribution in [1.82, 2.24) is 14.5 Å². The number of benzene rings is 2. The molecule has 0 fully saturated rings. The first-order chi connectivity index (χ1) is 11.9. The van der Waals surface area contributed by atoms with Gasteiger partial charge in [-0.2, -0.15) is 5.10 Å². The molecule has 0 amide bonds. The fraction of sp³-hybridized carbons (Fsp3) is 0.211. The predicted octanol–water partition coefficient (Wildman–Crippen LogP) is 3.28. The molecule has 25 heavy (non-hydrogen) atoms. The van der Waals surface area contributed by atoms with E-state index in [1.54, 1.807) is 18.5 Å². The zero-order valence-corrected chi connectivity index (χ0v) is 15.3. The van der Waals surface area contributed by atoms with Gasteiger partial charge in [-0.15, -0.1) is 0 Å². The van der Waals surface area contributed by atoms with Gasteiger partial charge in [-0.25, -0.2) is 17.8 Å². The first-order valence-corrected chi connectivity index (χ1v) is 9.53. The van der Waals surface area contributed by atoms with Crippen molar-refractivity contribution in [2.24, 2.45) is 0 Å². The van der Waals surface area contributed by atoms with Gasteiger partial charge < -0.3 is 0 Å². The molecule has 5 nitrogen and oxygen atoms in total. The fourth-order valence-corrected chi connectivity index (χ4v) is 4.21. The molecule has 1 N–H and O–H groups in total.